The molecule has 0 aliphatic carbocycles. The smallest absolute Gasteiger partial charge is 0.319 e. The maximum Gasteiger partial charge on any atom is 0.319 e. The first-order valence-electron chi connectivity index (χ1n) is 8.26. The van der Waals surface area contributed by atoms with Crippen LogP contribution in [0.5, 0.6) is 6.01 Å². The lowest BCUT2D eigenvalue weighted by Crippen LogP contribution is -2.11. The number of aromatic amines is 1. The van der Waals surface area contributed by atoms with Gasteiger partial charge in [-0.05, 0) is 31.9 Å². The van der Waals surface area contributed by atoms with E-state index in [0.29, 0.717) is 41.7 Å². The van der Waals surface area contributed by atoms with Gasteiger partial charge < -0.3 is 15.0 Å². The van der Waals surface area contributed by atoms with Gasteiger partial charge in [0.15, 0.2) is 0 Å². The van der Waals surface area contributed by atoms with Crippen molar-refractivity contribution in [3.8, 4) is 6.01 Å². The van der Waals surface area contributed by atoms with E-state index in [0.717, 1.165) is 18.5 Å². The quantitative estimate of drug-likeness (QED) is 0.290. The Morgan fingerprint density at radius 2 is 2.24 bits per heavy atom. The topological polar surface area (TPSA) is 99.0 Å². The minimum absolute atomic E-state index is 0.245. The number of aromatic nitrogens is 3. The lowest BCUT2D eigenvalue weighted by atomic mass is 10.3. The van der Waals surface area contributed by atoms with Crippen molar-refractivity contribution < 1.29 is 4.74 Å². The van der Waals surface area contributed by atoms with Crippen molar-refractivity contribution in [2.75, 3.05) is 18.5 Å². The molecule has 0 aliphatic heterocycles. The molecule has 0 bridgehead atoms. The van der Waals surface area contributed by atoms with Gasteiger partial charge in [0, 0.05) is 24.7 Å². The largest absolute Gasteiger partial charge is 0.463 e. The highest BCUT2D eigenvalue weighted by atomic mass is 35.5. The SMILES string of the molecule is CCCNc1nc(OCCCC(=N)/N=c2/cccc[nH]2)nc(Cl)c1C. The first-order valence-corrected chi connectivity index (χ1v) is 8.64. The Hall–Kier alpha value is -2.41. The fourth-order valence-corrected chi connectivity index (χ4v) is 2.17. The van der Waals surface area contributed by atoms with E-state index in [1.165, 1.54) is 0 Å². The van der Waals surface area contributed by atoms with Gasteiger partial charge in [0.2, 0.25) is 0 Å². The predicted molar refractivity (Wildman–Crippen MR) is 99.4 cm³/mol. The molecule has 0 aliphatic rings. The summed E-state index contributed by atoms with van der Waals surface area (Å²) in [6, 6.07) is 5.80. The summed E-state index contributed by atoms with van der Waals surface area (Å²) in [6.45, 7) is 5.15. The summed E-state index contributed by atoms with van der Waals surface area (Å²) in [6.07, 6.45) is 3.91. The Bertz CT molecular complexity index is 756. The van der Waals surface area contributed by atoms with Gasteiger partial charge in [-0.25, -0.2) is 4.99 Å². The highest BCUT2D eigenvalue weighted by molar-refractivity contribution is 6.30. The zero-order valence-electron chi connectivity index (χ0n) is 14.5. The molecule has 8 heteroatoms. The molecule has 0 amide bonds. The number of ether oxygens (including phenoxy) is 1. The highest BCUT2D eigenvalue weighted by Crippen LogP contribution is 2.22. The molecule has 0 radical (unpaired) electrons. The minimum atomic E-state index is 0.245. The van der Waals surface area contributed by atoms with Crippen LogP contribution in [0.1, 0.15) is 31.7 Å². The Balaban J connectivity index is 1.85. The minimum Gasteiger partial charge on any atom is -0.463 e. The fraction of sp³-hybridized carbons (Fsp3) is 0.412. The molecule has 2 aromatic heterocycles. The first-order chi connectivity index (χ1) is 12.1. The third kappa shape index (κ3) is 6.19. The molecule has 0 spiro atoms. The highest BCUT2D eigenvalue weighted by Gasteiger charge is 2.10. The van der Waals surface area contributed by atoms with Crippen molar-refractivity contribution in [3.05, 3.63) is 40.6 Å². The van der Waals surface area contributed by atoms with Gasteiger partial charge in [-0.3, -0.25) is 5.41 Å². The average Bonchev–Trinajstić information content (AvgIpc) is 2.61. The molecular weight excluding hydrogens is 340 g/mol. The van der Waals surface area contributed by atoms with Crippen LogP contribution in [0.15, 0.2) is 29.4 Å². The van der Waals surface area contributed by atoms with Crippen molar-refractivity contribution in [1.82, 2.24) is 15.0 Å². The van der Waals surface area contributed by atoms with Crippen molar-refractivity contribution in [2.24, 2.45) is 4.99 Å². The van der Waals surface area contributed by atoms with E-state index in [1.54, 1.807) is 6.20 Å². The summed E-state index contributed by atoms with van der Waals surface area (Å²) in [5.41, 5.74) is 1.47. The molecule has 0 unspecified atom stereocenters. The van der Waals surface area contributed by atoms with Crippen LogP contribution in [0.25, 0.3) is 0 Å². The van der Waals surface area contributed by atoms with Gasteiger partial charge in [-0.2, -0.15) is 9.97 Å². The molecule has 3 N–H and O–H groups in total. The molecule has 2 heterocycles. The average molecular weight is 363 g/mol. The number of halogens is 1. The first kappa shape index (κ1) is 18.9. The molecule has 25 heavy (non-hydrogen) atoms. The molecule has 134 valence electrons. The van der Waals surface area contributed by atoms with Gasteiger partial charge in [0.25, 0.3) is 0 Å². The van der Waals surface area contributed by atoms with Crippen LogP contribution in [0.2, 0.25) is 5.15 Å². The molecule has 2 aromatic rings. The summed E-state index contributed by atoms with van der Waals surface area (Å²) in [5.74, 6) is 0.985. The summed E-state index contributed by atoms with van der Waals surface area (Å²) >= 11 is 6.13. The van der Waals surface area contributed by atoms with Crippen molar-refractivity contribution in [3.63, 3.8) is 0 Å². The number of anilines is 1. The van der Waals surface area contributed by atoms with E-state index in [2.05, 4.69) is 32.2 Å². The maximum atomic E-state index is 7.88. The van der Waals surface area contributed by atoms with Crippen LogP contribution in [0.4, 0.5) is 5.82 Å². The summed E-state index contributed by atoms with van der Waals surface area (Å²) in [7, 11) is 0. The Morgan fingerprint density at radius 3 is 2.96 bits per heavy atom. The maximum absolute atomic E-state index is 7.88. The fourth-order valence-electron chi connectivity index (χ4n) is 2.01. The lowest BCUT2D eigenvalue weighted by molar-refractivity contribution is 0.289. The second-order valence-corrected chi connectivity index (χ2v) is 5.81. The number of H-pyrrole nitrogens is 1. The van der Waals surface area contributed by atoms with Crippen LogP contribution < -0.4 is 15.5 Å². The molecule has 7 nitrogen and oxygen atoms in total. The predicted octanol–water partition coefficient (Wildman–Crippen LogP) is 3.33. The number of nitrogens with zero attached hydrogens (tertiary/aromatic N) is 3. The molecule has 0 saturated heterocycles. The van der Waals surface area contributed by atoms with E-state index in [-0.39, 0.29) is 6.01 Å². The monoisotopic (exact) mass is 362 g/mol. The number of hydrogen-bond donors (Lipinski definition) is 3. The van der Waals surface area contributed by atoms with Gasteiger partial charge in [0.1, 0.15) is 22.3 Å². The zero-order chi connectivity index (χ0) is 18.1. The second-order valence-electron chi connectivity index (χ2n) is 5.46. The number of amidine groups is 1. The van der Waals surface area contributed by atoms with Crippen LogP contribution in [0, 0.1) is 12.3 Å². The summed E-state index contributed by atoms with van der Waals surface area (Å²) in [4.78, 5) is 15.6. The van der Waals surface area contributed by atoms with Crippen LogP contribution in [-0.2, 0) is 0 Å². The molecule has 0 aromatic carbocycles. The van der Waals surface area contributed by atoms with Gasteiger partial charge in [0.05, 0.1) is 6.61 Å². The van der Waals surface area contributed by atoms with E-state index in [1.807, 2.05) is 25.1 Å². The zero-order valence-corrected chi connectivity index (χ0v) is 15.2. The molecule has 0 fully saturated rings. The number of nitrogens with one attached hydrogen (secondary N) is 3. The Labute approximate surface area is 152 Å². The number of pyridine rings is 1. The normalized spacial score (nSPS) is 11.4. The Morgan fingerprint density at radius 1 is 1.40 bits per heavy atom. The lowest BCUT2D eigenvalue weighted by Gasteiger charge is -2.11. The van der Waals surface area contributed by atoms with Crippen molar-refractivity contribution in [1.29, 1.82) is 5.41 Å². The van der Waals surface area contributed by atoms with E-state index < -0.39 is 0 Å². The molecule has 0 atom stereocenters. The van der Waals surface area contributed by atoms with Gasteiger partial charge >= 0.3 is 6.01 Å². The molecule has 0 saturated carbocycles. The standard InChI is InChI=1S/C17H23ClN6O/c1-3-9-21-16-12(2)15(18)23-17(24-16)25-11-6-7-13(19)22-14-8-4-5-10-20-14/h4-5,8,10H,3,6-7,9,11H2,1-2H3,(H2,19,20,22)(H,21,23,24). The summed E-state index contributed by atoms with van der Waals surface area (Å²) in [5, 5.41) is 11.5. The van der Waals surface area contributed by atoms with E-state index in [4.69, 9.17) is 21.7 Å². The number of rotatable bonds is 8. The van der Waals surface area contributed by atoms with Crippen LogP contribution >= 0.6 is 11.6 Å². The molecule has 2 rings (SSSR count). The van der Waals surface area contributed by atoms with Gasteiger partial charge in [-0.15, -0.1) is 0 Å². The number of hydrogen-bond acceptors (Lipinski definition) is 5. The van der Waals surface area contributed by atoms with E-state index in [9.17, 15) is 0 Å². The summed E-state index contributed by atoms with van der Waals surface area (Å²) < 4.78 is 5.57. The van der Waals surface area contributed by atoms with Crippen LogP contribution in [-0.4, -0.2) is 33.9 Å². The van der Waals surface area contributed by atoms with Crippen molar-refractivity contribution >= 4 is 23.3 Å². The molecular formula is C17H23ClN6O. The van der Waals surface area contributed by atoms with Gasteiger partial charge in [-0.1, -0.05) is 24.6 Å². The van der Waals surface area contributed by atoms with E-state index >= 15 is 0 Å². The van der Waals surface area contributed by atoms with Crippen LogP contribution in [0.3, 0.4) is 0 Å². The third-order valence-electron chi connectivity index (χ3n) is 3.35. The van der Waals surface area contributed by atoms with Crippen molar-refractivity contribution in [2.45, 2.75) is 33.1 Å². The Kier molecular flexibility index (Phi) is 7.40. The second kappa shape index (κ2) is 9.78. The third-order valence-corrected chi connectivity index (χ3v) is 3.71.